The van der Waals surface area contributed by atoms with Crippen molar-refractivity contribution in [2.24, 2.45) is 5.92 Å². The van der Waals surface area contributed by atoms with E-state index < -0.39 is 15.9 Å². The number of rotatable bonds is 6. The minimum absolute atomic E-state index is 0.132. The molecule has 162 valence electrons. The first-order valence-electron chi connectivity index (χ1n) is 10.1. The van der Waals surface area contributed by atoms with E-state index in [0.717, 1.165) is 5.56 Å². The smallest absolute Gasteiger partial charge is 0.246 e. The fourth-order valence-electron chi connectivity index (χ4n) is 3.72. The largest absolute Gasteiger partial charge is 0.337 e. The van der Waals surface area contributed by atoms with Gasteiger partial charge in [0.05, 0.1) is 17.4 Å². The highest BCUT2D eigenvalue weighted by Crippen LogP contribution is 2.25. The molecular weight excluding hydrogens is 416 g/mol. The summed E-state index contributed by atoms with van der Waals surface area (Å²) >= 11 is 0. The monoisotopic (exact) mass is 440 g/mol. The maximum absolute atomic E-state index is 13.0. The zero-order valence-corrected chi connectivity index (χ0v) is 18.0. The molecule has 0 aliphatic carbocycles. The van der Waals surface area contributed by atoms with Gasteiger partial charge in [-0.15, -0.1) is 0 Å². The number of amides is 1. The number of piperidine rings is 1. The van der Waals surface area contributed by atoms with Gasteiger partial charge in [-0.3, -0.25) is 4.79 Å². The highest BCUT2D eigenvalue weighted by molar-refractivity contribution is 7.89. The summed E-state index contributed by atoms with van der Waals surface area (Å²) in [5, 5.41) is 3.98. The Labute approximate surface area is 181 Å². The van der Waals surface area contributed by atoms with Gasteiger partial charge >= 0.3 is 0 Å². The summed E-state index contributed by atoms with van der Waals surface area (Å²) in [6.07, 6.45) is 1.28. The molecule has 4 rings (SSSR count). The van der Waals surface area contributed by atoms with Crippen LogP contribution in [0.4, 0.5) is 0 Å². The van der Waals surface area contributed by atoms with Crippen LogP contribution in [-0.2, 0) is 21.4 Å². The zero-order valence-electron chi connectivity index (χ0n) is 17.2. The van der Waals surface area contributed by atoms with Crippen LogP contribution in [0.1, 0.15) is 18.7 Å². The summed E-state index contributed by atoms with van der Waals surface area (Å²) in [6.45, 7) is 0.745. The van der Waals surface area contributed by atoms with Crippen LogP contribution < -0.4 is 0 Å². The standard InChI is InChI=1S/C22H24N4O4S/c1-25(16-20-23-21(24-30-20)17-9-4-2-5-10-17)22(27)18-11-8-14-26(15-18)31(28,29)19-12-6-3-7-13-19/h2-7,9-10,12-13,18H,8,11,14-16H2,1H3/t18-/m0/s1. The number of hydrogen-bond donors (Lipinski definition) is 0. The molecule has 0 spiro atoms. The summed E-state index contributed by atoms with van der Waals surface area (Å²) in [6, 6.07) is 17.8. The molecule has 1 aromatic heterocycles. The number of nitrogens with zero attached hydrogens (tertiary/aromatic N) is 4. The molecule has 1 aliphatic heterocycles. The van der Waals surface area contributed by atoms with Gasteiger partial charge in [-0.25, -0.2) is 8.42 Å². The SMILES string of the molecule is CN(Cc1nc(-c2ccccc2)no1)C(=O)[C@H]1CCCN(S(=O)(=O)c2ccccc2)C1. The second-order valence-electron chi connectivity index (χ2n) is 7.59. The van der Waals surface area contributed by atoms with Crippen molar-refractivity contribution in [3.63, 3.8) is 0 Å². The first kappa shape index (κ1) is 21.2. The van der Waals surface area contributed by atoms with Crippen molar-refractivity contribution < 1.29 is 17.7 Å². The molecule has 0 saturated carbocycles. The lowest BCUT2D eigenvalue weighted by Gasteiger charge is -2.33. The highest BCUT2D eigenvalue weighted by atomic mass is 32.2. The van der Waals surface area contributed by atoms with Gasteiger partial charge in [0.25, 0.3) is 0 Å². The van der Waals surface area contributed by atoms with Crippen LogP contribution >= 0.6 is 0 Å². The van der Waals surface area contributed by atoms with E-state index in [9.17, 15) is 13.2 Å². The normalized spacial score (nSPS) is 17.4. The van der Waals surface area contributed by atoms with Crippen molar-refractivity contribution >= 4 is 15.9 Å². The van der Waals surface area contributed by atoms with Gasteiger partial charge in [-0.05, 0) is 25.0 Å². The van der Waals surface area contributed by atoms with Crippen molar-refractivity contribution in [3.8, 4) is 11.4 Å². The molecule has 0 radical (unpaired) electrons. The lowest BCUT2D eigenvalue weighted by molar-refractivity contribution is -0.136. The number of sulfonamides is 1. The van der Waals surface area contributed by atoms with Crippen molar-refractivity contribution in [2.45, 2.75) is 24.3 Å². The molecule has 2 heterocycles. The van der Waals surface area contributed by atoms with Gasteiger partial charge in [0.15, 0.2) is 0 Å². The molecular formula is C22H24N4O4S. The molecule has 1 aliphatic rings. The molecule has 1 saturated heterocycles. The summed E-state index contributed by atoms with van der Waals surface area (Å²) < 4.78 is 32.5. The lowest BCUT2D eigenvalue weighted by atomic mass is 9.98. The van der Waals surface area contributed by atoms with E-state index in [2.05, 4.69) is 10.1 Å². The molecule has 0 N–H and O–H groups in total. The summed E-state index contributed by atoms with van der Waals surface area (Å²) in [5.41, 5.74) is 0.834. The molecule has 0 bridgehead atoms. The Balaban J connectivity index is 1.41. The Morgan fingerprint density at radius 1 is 1.13 bits per heavy atom. The van der Waals surface area contributed by atoms with Crippen LogP contribution in [0.2, 0.25) is 0 Å². The van der Waals surface area contributed by atoms with Crippen LogP contribution in [0.3, 0.4) is 0 Å². The molecule has 0 unspecified atom stereocenters. The average Bonchev–Trinajstić information content (AvgIpc) is 3.28. The second kappa shape index (κ2) is 8.99. The Kier molecular flexibility index (Phi) is 6.15. The molecule has 1 amide bonds. The topological polar surface area (TPSA) is 96.6 Å². The molecule has 8 nitrogen and oxygen atoms in total. The third-order valence-electron chi connectivity index (χ3n) is 5.36. The number of benzene rings is 2. The molecule has 1 atom stereocenters. The van der Waals surface area contributed by atoms with Crippen LogP contribution in [-0.4, -0.2) is 53.8 Å². The lowest BCUT2D eigenvalue weighted by Crippen LogP contribution is -2.45. The number of carbonyl (C=O) groups excluding carboxylic acids is 1. The quantitative estimate of drug-likeness (QED) is 0.585. The maximum atomic E-state index is 13.0. The molecule has 3 aromatic rings. The third kappa shape index (κ3) is 4.67. The number of carbonyl (C=O) groups is 1. The van der Waals surface area contributed by atoms with E-state index in [1.54, 1.807) is 37.4 Å². The van der Waals surface area contributed by atoms with E-state index in [4.69, 9.17) is 4.52 Å². The van der Waals surface area contributed by atoms with E-state index in [0.29, 0.717) is 31.1 Å². The second-order valence-corrected chi connectivity index (χ2v) is 9.53. The Morgan fingerprint density at radius 2 is 1.81 bits per heavy atom. The molecule has 2 aromatic carbocycles. The summed E-state index contributed by atoms with van der Waals surface area (Å²) in [4.78, 5) is 19.1. The Bertz CT molecular complexity index is 1130. The zero-order chi connectivity index (χ0) is 21.8. The predicted octanol–water partition coefficient (Wildman–Crippen LogP) is 2.80. The fraction of sp³-hybridized carbons (Fsp3) is 0.318. The average molecular weight is 441 g/mol. The van der Waals surface area contributed by atoms with Gasteiger partial charge in [0.2, 0.25) is 27.6 Å². The maximum Gasteiger partial charge on any atom is 0.246 e. The third-order valence-corrected chi connectivity index (χ3v) is 7.24. The minimum atomic E-state index is -3.62. The summed E-state index contributed by atoms with van der Waals surface area (Å²) in [7, 11) is -1.95. The van der Waals surface area contributed by atoms with Crippen molar-refractivity contribution in [1.82, 2.24) is 19.3 Å². The van der Waals surface area contributed by atoms with Crippen molar-refractivity contribution in [1.29, 1.82) is 0 Å². The van der Waals surface area contributed by atoms with E-state index in [-0.39, 0.29) is 23.9 Å². The van der Waals surface area contributed by atoms with Crippen LogP contribution in [0.25, 0.3) is 11.4 Å². The first-order chi connectivity index (χ1) is 14.9. The van der Waals surface area contributed by atoms with Gasteiger partial charge in [-0.2, -0.15) is 9.29 Å². The molecule has 31 heavy (non-hydrogen) atoms. The molecule has 9 heteroatoms. The first-order valence-corrected chi connectivity index (χ1v) is 11.6. The van der Waals surface area contributed by atoms with E-state index in [1.165, 1.54) is 9.21 Å². The fourth-order valence-corrected chi connectivity index (χ4v) is 5.26. The number of aromatic nitrogens is 2. The van der Waals surface area contributed by atoms with Gasteiger partial charge in [0.1, 0.15) is 0 Å². The van der Waals surface area contributed by atoms with Crippen molar-refractivity contribution in [2.75, 3.05) is 20.1 Å². The van der Waals surface area contributed by atoms with Crippen LogP contribution in [0.5, 0.6) is 0 Å². The predicted molar refractivity (Wildman–Crippen MR) is 114 cm³/mol. The van der Waals surface area contributed by atoms with Gasteiger partial charge in [-0.1, -0.05) is 53.7 Å². The van der Waals surface area contributed by atoms with Gasteiger partial charge < -0.3 is 9.42 Å². The summed E-state index contributed by atoms with van der Waals surface area (Å²) in [5.74, 6) is 0.259. The van der Waals surface area contributed by atoms with Crippen molar-refractivity contribution in [3.05, 3.63) is 66.6 Å². The van der Waals surface area contributed by atoms with E-state index >= 15 is 0 Å². The Morgan fingerprint density at radius 3 is 2.52 bits per heavy atom. The minimum Gasteiger partial charge on any atom is -0.337 e. The van der Waals surface area contributed by atoms with Crippen LogP contribution in [0.15, 0.2) is 70.1 Å². The van der Waals surface area contributed by atoms with E-state index in [1.807, 2.05) is 30.3 Å². The molecule has 1 fully saturated rings. The Hall–Kier alpha value is -3.04. The van der Waals surface area contributed by atoms with Crippen LogP contribution in [0, 0.1) is 5.92 Å². The highest BCUT2D eigenvalue weighted by Gasteiger charge is 2.34. The number of hydrogen-bond acceptors (Lipinski definition) is 6. The van der Waals surface area contributed by atoms with Gasteiger partial charge in [0, 0.05) is 25.7 Å².